The van der Waals surface area contributed by atoms with Crippen LogP contribution in [0.15, 0.2) is 0 Å². The first-order valence-corrected chi connectivity index (χ1v) is 17.7. The summed E-state index contributed by atoms with van der Waals surface area (Å²) in [5, 5.41) is 36.4. The summed E-state index contributed by atoms with van der Waals surface area (Å²) in [6.07, 6.45) is -3.04. The highest BCUT2D eigenvalue weighted by Crippen LogP contribution is 2.03. The Labute approximate surface area is 331 Å². The summed E-state index contributed by atoms with van der Waals surface area (Å²) in [4.78, 5) is 169. The van der Waals surface area contributed by atoms with Crippen molar-refractivity contribution in [2.75, 3.05) is 65.4 Å². The molecule has 24 nitrogen and oxygen atoms in total. The highest BCUT2D eigenvalue weighted by atomic mass is 16.4. The fourth-order valence-corrected chi connectivity index (χ4v) is 4.52. The van der Waals surface area contributed by atoms with Crippen LogP contribution in [0.2, 0.25) is 0 Å². The first kappa shape index (κ1) is 51.4. The van der Waals surface area contributed by atoms with Gasteiger partial charge in [0.1, 0.15) is 45.1 Å². The SMILES string of the molecule is CCNC(=O)CCC(=O)CNC(=O)CN(CC(=O)O)C(=O)CCC(=O)CNC(=O)CN(CC(=O)O)C(=O)CCC(=O)CNC(=O)CN(CC(=O)O)C(=O)CCC(C)=O. The lowest BCUT2D eigenvalue weighted by Gasteiger charge is -2.21. The van der Waals surface area contributed by atoms with Gasteiger partial charge in [-0.15, -0.1) is 0 Å². The highest BCUT2D eigenvalue weighted by Gasteiger charge is 2.24. The second-order valence-corrected chi connectivity index (χ2v) is 12.5. The molecule has 7 N–H and O–H groups in total. The second-order valence-electron chi connectivity index (χ2n) is 12.5. The van der Waals surface area contributed by atoms with Crippen molar-refractivity contribution in [1.29, 1.82) is 0 Å². The monoisotopic (exact) mass is 827 g/mol. The van der Waals surface area contributed by atoms with Crippen LogP contribution >= 0.6 is 0 Å². The number of hydrogen-bond acceptors (Lipinski definition) is 14. The van der Waals surface area contributed by atoms with Crippen molar-refractivity contribution >= 4 is 82.4 Å². The van der Waals surface area contributed by atoms with E-state index in [1.54, 1.807) is 6.92 Å². The lowest BCUT2D eigenvalue weighted by molar-refractivity contribution is -0.146. The van der Waals surface area contributed by atoms with Gasteiger partial charge in [0.15, 0.2) is 17.3 Å². The summed E-state index contributed by atoms with van der Waals surface area (Å²) in [7, 11) is 0. The largest absolute Gasteiger partial charge is 0.480 e. The lowest BCUT2D eigenvalue weighted by atomic mass is 10.2. The predicted molar refractivity (Wildman–Crippen MR) is 193 cm³/mol. The quantitative estimate of drug-likeness (QED) is 0.0347. The van der Waals surface area contributed by atoms with E-state index >= 15 is 0 Å². The van der Waals surface area contributed by atoms with Gasteiger partial charge < -0.3 is 56.1 Å². The number of hydrogen-bond donors (Lipinski definition) is 7. The molecule has 0 aromatic heterocycles. The number of carbonyl (C=O) groups is 14. The van der Waals surface area contributed by atoms with Crippen LogP contribution in [0.5, 0.6) is 0 Å². The summed E-state index contributed by atoms with van der Waals surface area (Å²) < 4.78 is 0. The molecule has 0 atom stereocenters. The minimum atomic E-state index is -1.53. The standard InChI is InChI=1S/C34H49N7O17/c1-3-35-25(46)8-5-22(43)12-36-27(48)16-40(19-33(55)56)30(51)10-7-24(45)14-38-28(49)17-41(20-34(57)58)31(52)11-6-23(44)13-37-26(47)15-39(18-32(53)54)29(50)9-4-21(2)42/h3-20H2,1-2H3,(H,35,46)(H,36,48)(H,37,47)(H,38,49)(H,53,54)(H,55,56)(H,57,58). The molecule has 0 unspecified atom stereocenters. The van der Waals surface area contributed by atoms with Gasteiger partial charge in [-0.2, -0.15) is 0 Å². The molecule has 0 saturated carbocycles. The molecule has 322 valence electrons. The highest BCUT2D eigenvalue weighted by molar-refractivity contribution is 5.95. The number of Topliss-reactive ketones (excluding diaryl/α,β-unsaturated/α-hetero) is 4. The molecule has 0 fully saturated rings. The van der Waals surface area contributed by atoms with E-state index in [2.05, 4.69) is 21.3 Å². The smallest absolute Gasteiger partial charge is 0.323 e. The Kier molecular flexibility index (Phi) is 24.7. The van der Waals surface area contributed by atoms with Gasteiger partial charge in [0, 0.05) is 57.9 Å². The molecular weight excluding hydrogens is 778 g/mol. The Balaban J connectivity index is 4.95. The summed E-state index contributed by atoms with van der Waals surface area (Å²) in [6, 6.07) is 0. The van der Waals surface area contributed by atoms with E-state index in [-0.39, 0.29) is 37.4 Å². The predicted octanol–water partition coefficient (Wildman–Crippen LogP) is -4.37. The lowest BCUT2D eigenvalue weighted by Crippen LogP contribution is -2.45. The zero-order valence-corrected chi connectivity index (χ0v) is 32.1. The van der Waals surface area contributed by atoms with E-state index in [1.807, 2.05) is 0 Å². The summed E-state index contributed by atoms with van der Waals surface area (Å²) in [6.45, 7) is -3.66. The van der Waals surface area contributed by atoms with Gasteiger partial charge in [0.2, 0.25) is 41.4 Å². The van der Waals surface area contributed by atoms with Gasteiger partial charge in [0.05, 0.1) is 19.6 Å². The maximum absolute atomic E-state index is 12.7. The Hall–Kier alpha value is -6.62. The van der Waals surface area contributed by atoms with Gasteiger partial charge >= 0.3 is 17.9 Å². The number of carboxylic acids is 3. The normalized spacial score (nSPS) is 10.2. The number of carboxylic acid groups (broad SMARTS) is 3. The van der Waals surface area contributed by atoms with E-state index in [0.29, 0.717) is 21.2 Å². The molecule has 24 heteroatoms. The Morgan fingerprint density at radius 1 is 0.379 bits per heavy atom. The van der Waals surface area contributed by atoms with E-state index < -0.39 is 155 Å². The number of ketones is 4. The van der Waals surface area contributed by atoms with Gasteiger partial charge in [-0.3, -0.25) is 62.3 Å². The van der Waals surface area contributed by atoms with Crippen LogP contribution in [0.1, 0.15) is 65.2 Å². The van der Waals surface area contributed by atoms with Crippen molar-refractivity contribution in [2.24, 2.45) is 0 Å². The average molecular weight is 828 g/mol. The average Bonchev–Trinajstić information content (AvgIpc) is 3.13. The maximum Gasteiger partial charge on any atom is 0.323 e. The third-order valence-corrected chi connectivity index (χ3v) is 7.42. The summed E-state index contributed by atoms with van der Waals surface area (Å²) >= 11 is 0. The molecule has 0 heterocycles. The molecule has 7 amide bonds. The molecule has 0 aromatic rings. The molecule has 0 saturated heterocycles. The topological polar surface area (TPSA) is 358 Å². The van der Waals surface area contributed by atoms with Crippen LogP contribution in [0.3, 0.4) is 0 Å². The first-order valence-electron chi connectivity index (χ1n) is 17.7. The third-order valence-electron chi connectivity index (χ3n) is 7.42. The molecule has 0 aromatic carbocycles. The molecule has 0 aliphatic heterocycles. The van der Waals surface area contributed by atoms with Crippen molar-refractivity contribution in [2.45, 2.75) is 65.2 Å². The third kappa shape index (κ3) is 25.5. The molecule has 0 bridgehead atoms. The summed E-state index contributed by atoms with van der Waals surface area (Å²) in [5.74, 6) is -12.6. The van der Waals surface area contributed by atoms with Crippen molar-refractivity contribution in [3.05, 3.63) is 0 Å². The van der Waals surface area contributed by atoms with Gasteiger partial charge in [-0.1, -0.05) is 0 Å². The van der Waals surface area contributed by atoms with Gasteiger partial charge in [-0.25, -0.2) is 0 Å². The van der Waals surface area contributed by atoms with E-state index in [9.17, 15) is 72.2 Å². The number of carbonyl (C=O) groups excluding carboxylic acids is 11. The van der Waals surface area contributed by atoms with E-state index in [0.717, 1.165) is 0 Å². The van der Waals surface area contributed by atoms with Crippen LogP contribution in [-0.2, 0) is 67.1 Å². The second kappa shape index (κ2) is 27.9. The first-order chi connectivity index (χ1) is 27.1. The molecule has 0 aliphatic rings. The Morgan fingerprint density at radius 3 is 0.948 bits per heavy atom. The van der Waals surface area contributed by atoms with Crippen LogP contribution in [-0.4, -0.2) is 178 Å². The minimum Gasteiger partial charge on any atom is -0.480 e. The maximum atomic E-state index is 12.7. The van der Waals surface area contributed by atoms with Gasteiger partial charge in [-0.05, 0) is 13.8 Å². The number of aliphatic carboxylic acids is 3. The summed E-state index contributed by atoms with van der Waals surface area (Å²) in [5.41, 5.74) is 0. The molecule has 0 spiro atoms. The van der Waals surface area contributed by atoms with Crippen molar-refractivity contribution in [1.82, 2.24) is 36.0 Å². The minimum absolute atomic E-state index is 0.105. The van der Waals surface area contributed by atoms with Crippen LogP contribution in [0.4, 0.5) is 0 Å². The van der Waals surface area contributed by atoms with E-state index in [1.165, 1.54) is 6.92 Å². The van der Waals surface area contributed by atoms with Crippen molar-refractivity contribution in [3.8, 4) is 0 Å². The zero-order valence-electron chi connectivity index (χ0n) is 32.1. The molecule has 0 radical (unpaired) electrons. The molecule has 0 rings (SSSR count). The van der Waals surface area contributed by atoms with Crippen LogP contribution < -0.4 is 21.3 Å². The molecule has 0 aliphatic carbocycles. The van der Waals surface area contributed by atoms with Crippen molar-refractivity contribution < 1.29 is 82.4 Å². The Bertz CT molecular complexity index is 1600. The van der Waals surface area contributed by atoms with Gasteiger partial charge in [0.25, 0.3) is 0 Å². The molecular formula is C34H49N7O17. The fraction of sp³-hybridized carbons (Fsp3) is 0.588. The Morgan fingerprint density at radius 2 is 0.672 bits per heavy atom. The molecule has 58 heavy (non-hydrogen) atoms. The number of nitrogens with one attached hydrogen (secondary N) is 4. The van der Waals surface area contributed by atoms with Crippen molar-refractivity contribution in [3.63, 3.8) is 0 Å². The number of amides is 7. The number of nitrogens with zero attached hydrogens (tertiary/aromatic N) is 3. The van der Waals surface area contributed by atoms with Crippen LogP contribution in [0, 0.1) is 0 Å². The number of rotatable bonds is 31. The fourth-order valence-electron chi connectivity index (χ4n) is 4.52. The zero-order chi connectivity index (χ0) is 44.4. The van der Waals surface area contributed by atoms with Crippen LogP contribution in [0.25, 0.3) is 0 Å². The van der Waals surface area contributed by atoms with E-state index in [4.69, 9.17) is 10.2 Å².